The second-order valence-electron chi connectivity index (χ2n) is 4.60. The number of carbonyl (C=O) groups is 2. The van der Waals surface area contributed by atoms with Gasteiger partial charge in [-0.05, 0) is 12.3 Å². The Morgan fingerprint density at radius 2 is 2.11 bits per heavy atom. The zero-order chi connectivity index (χ0) is 14.0. The Bertz CT molecular complexity index is 437. The summed E-state index contributed by atoms with van der Waals surface area (Å²) in [5, 5.41) is 0. The number of ether oxygens (including phenoxy) is 3. The van der Waals surface area contributed by atoms with Crippen LogP contribution in [-0.4, -0.2) is 38.4 Å². The molecule has 4 atom stereocenters. The van der Waals surface area contributed by atoms with Gasteiger partial charge in [0.1, 0.15) is 6.10 Å². The van der Waals surface area contributed by atoms with Gasteiger partial charge < -0.3 is 14.2 Å². The van der Waals surface area contributed by atoms with E-state index < -0.39 is 24.3 Å². The van der Waals surface area contributed by atoms with Gasteiger partial charge in [0, 0.05) is 12.7 Å². The van der Waals surface area contributed by atoms with Crippen molar-refractivity contribution in [1.29, 1.82) is 0 Å². The largest absolute Gasteiger partial charge is 0.468 e. The highest BCUT2D eigenvalue weighted by molar-refractivity contribution is 6.10. The first-order chi connectivity index (χ1) is 9.12. The van der Waals surface area contributed by atoms with Crippen molar-refractivity contribution >= 4 is 11.8 Å². The van der Waals surface area contributed by atoms with Gasteiger partial charge >= 0.3 is 5.97 Å². The van der Waals surface area contributed by atoms with Gasteiger partial charge in [0.25, 0.3) is 0 Å². The fraction of sp³-hybridized carbons (Fsp3) is 0.571. The third-order valence-corrected chi connectivity index (χ3v) is 3.51. The summed E-state index contributed by atoms with van der Waals surface area (Å²) >= 11 is 0. The molecule has 0 radical (unpaired) electrons. The van der Waals surface area contributed by atoms with E-state index in [1.807, 2.05) is 25.2 Å². The molecule has 2 rings (SSSR count). The second-order valence-corrected chi connectivity index (χ2v) is 4.60. The van der Waals surface area contributed by atoms with Crippen LogP contribution in [0.15, 0.2) is 23.8 Å². The number of hydrogen-bond donors (Lipinski definition) is 0. The van der Waals surface area contributed by atoms with E-state index in [0.717, 1.165) is 6.42 Å². The Morgan fingerprint density at radius 3 is 2.68 bits per heavy atom. The van der Waals surface area contributed by atoms with Crippen LogP contribution in [-0.2, 0) is 23.8 Å². The van der Waals surface area contributed by atoms with Crippen LogP contribution < -0.4 is 0 Å². The summed E-state index contributed by atoms with van der Waals surface area (Å²) in [6, 6.07) is 0. The molecule has 1 fully saturated rings. The fourth-order valence-corrected chi connectivity index (χ4v) is 2.39. The summed E-state index contributed by atoms with van der Waals surface area (Å²) in [7, 11) is 2.66. The Kier molecular flexibility index (Phi) is 4.17. The number of carbonyl (C=O) groups excluding carboxylic acids is 2. The lowest BCUT2D eigenvalue weighted by Gasteiger charge is -2.35. The maximum absolute atomic E-state index is 12.4. The fourth-order valence-electron chi connectivity index (χ4n) is 2.39. The molecule has 1 aliphatic heterocycles. The number of Topliss-reactive ketones (excluding diaryl/α,β-unsaturated/α-hetero) is 1. The number of ketones is 1. The Labute approximate surface area is 112 Å². The van der Waals surface area contributed by atoms with Crippen molar-refractivity contribution in [2.24, 2.45) is 11.8 Å². The number of rotatable bonds is 3. The average Bonchev–Trinajstić information content (AvgIpc) is 2.45. The molecule has 1 saturated heterocycles. The predicted octanol–water partition coefficient (Wildman–Crippen LogP) is 1.24. The average molecular weight is 266 g/mol. The van der Waals surface area contributed by atoms with Crippen LogP contribution in [0.1, 0.15) is 13.3 Å². The highest BCUT2D eigenvalue weighted by atomic mass is 16.7. The molecule has 19 heavy (non-hydrogen) atoms. The van der Waals surface area contributed by atoms with Crippen molar-refractivity contribution in [2.45, 2.75) is 25.7 Å². The lowest BCUT2D eigenvalue weighted by molar-refractivity contribution is -0.197. The molecule has 0 aromatic rings. The van der Waals surface area contributed by atoms with Gasteiger partial charge in [-0.15, -0.1) is 0 Å². The van der Waals surface area contributed by atoms with E-state index in [9.17, 15) is 9.59 Å². The Balaban J connectivity index is 2.31. The molecule has 2 aliphatic rings. The minimum atomic E-state index is -1.04. The molecule has 0 bridgehead atoms. The van der Waals surface area contributed by atoms with Crippen LogP contribution in [0.4, 0.5) is 0 Å². The van der Waals surface area contributed by atoms with E-state index in [0.29, 0.717) is 5.57 Å². The highest BCUT2D eigenvalue weighted by Gasteiger charge is 2.46. The predicted molar refractivity (Wildman–Crippen MR) is 67.2 cm³/mol. The molecule has 0 saturated carbocycles. The molecule has 1 aliphatic carbocycles. The summed E-state index contributed by atoms with van der Waals surface area (Å²) in [6.45, 7) is 2.04. The van der Waals surface area contributed by atoms with Crippen molar-refractivity contribution in [2.75, 3.05) is 14.2 Å². The molecule has 0 N–H and O–H groups in total. The van der Waals surface area contributed by atoms with Gasteiger partial charge in [0.2, 0.25) is 0 Å². The molecule has 0 aromatic carbocycles. The van der Waals surface area contributed by atoms with Crippen LogP contribution in [0, 0.1) is 11.8 Å². The summed E-state index contributed by atoms with van der Waals surface area (Å²) in [5.41, 5.74) is 0.526. The Hall–Kier alpha value is -1.46. The third kappa shape index (κ3) is 2.48. The standard InChI is InChI=1S/C14H18O5/c1-4-8-5-6-10-9(7-8)12(15)11(13(16)17-2)14(18-3)19-10/h5-8,10-11,14H,4H2,1-3H3. The smallest absolute Gasteiger partial charge is 0.321 e. The first kappa shape index (κ1) is 14.0. The quantitative estimate of drug-likeness (QED) is 0.437. The minimum Gasteiger partial charge on any atom is -0.468 e. The number of hydrogen-bond acceptors (Lipinski definition) is 5. The molecule has 104 valence electrons. The number of fused-ring (bicyclic) bond motifs is 1. The molecule has 0 amide bonds. The maximum Gasteiger partial charge on any atom is 0.321 e. The van der Waals surface area contributed by atoms with Crippen molar-refractivity contribution < 1.29 is 23.8 Å². The van der Waals surface area contributed by atoms with Gasteiger partial charge in [-0.1, -0.05) is 25.2 Å². The molecule has 5 nitrogen and oxygen atoms in total. The third-order valence-electron chi connectivity index (χ3n) is 3.51. The van der Waals surface area contributed by atoms with Gasteiger partial charge in [-0.2, -0.15) is 0 Å². The van der Waals surface area contributed by atoms with E-state index in [1.165, 1.54) is 14.2 Å². The van der Waals surface area contributed by atoms with Gasteiger partial charge in [-0.3, -0.25) is 9.59 Å². The van der Waals surface area contributed by atoms with Crippen molar-refractivity contribution in [3.05, 3.63) is 23.8 Å². The number of allylic oxidation sites excluding steroid dienone is 2. The molecule has 0 spiro atoms. The van der Waals surface area contributed by atoms with Gasteiger partial charge in [-0.25, -0.2) is 0 Å². The van der Waals surface area contributed by atoms with Crippen molar-refractivity contribution in [3.8, 4) is 0 Å². The summed E-state index contributed by atoms with van der Waals surface area (Å²) in [4.78, 5) is 24.2. The zero-order valence-electron chi connectivity index (χ0n) is 11.3. The zero-order valence-corrected chi connectivity index (χ0v) is 11.3. The van der Waals surface area contributed by atoms with Crippen LogP contribution in [0.25, 0.3) is 0 Å². The first-order valence-electron chi connectivity index (χ1n) is 6.32. The van der Waals surface area contributed by atoms with Crippen molar-refractivity contribution in [1.82, 2.24) is 0 Å². The topological polar surface area (TPSA) is 61.8 Å². The summed E-state index contributed by atoms with van der Waals surface area (Å²) in [6.07, 6.45) is 5.30. The lowest BCUT2D eigenvalue weighted by Crippen LogP contribution is -2.48. The monoisotopic (exact) mass is 266 g/mol. The molecular formula is C14H18O5. The SMILES string of the molecule is CCC1C=CC2OC(OC)C(C(=O)OC)C(=O)C2=C1. The van der Waals surface area contributed by atoms with E-state index >= 15 is 0 Å². The lowest BCUT2D eigenvalue weighted by atomic mass is 9.84. The van der Waals surface area contributed by atoms with Crippen molar-refractivity contribution in [3.63, 3.8) is 0 Å². The number of esters is 1. The van der Waals surface area contributed by atoms with Gasteiger partial charge in [0.05, 0.1) is 7.11 Å². The minimum absolute atomic E-state index is 0.205. The summed E-state index contributed by atoms with van der Waals surface area (Å²) in [5.74, 6) is -1.73. The van der Waals surface area contributed by atoms with Crippen LogP contribution >= 0.6 is 0 Å². The van der Waals surface area contributed by atoms with E-state index in [1.54, 1.807) is 0 Å². The van der Waals surface area contributed by atoms with E-state index in [4.69, 9.17) is 9.47 Å². The first-order valence-corrected chi connectivity index (χ1v) is 6.32. The number of methoxy groups -OCH3 is 2. The Morgan fingerprint density at radius 1 is 1.37 bits per heavy atom. The van der Waals surface area contributed by atoms with Gasteiger partial charge in [0.15, 0.2) is 18.0 Å². The molecule has 1 heterocycles. The van der Waals surface area contributed by atoms with E-state index in [2.05, 4.69) is 4.74 Å². The van der Waals surface area contributed by atoms with E-state index in [-0.39, 0.29) is 11.7 Å². The van der Waals surface area contributed by atoms with Crippen LogP contribution in [0.2, 0.25) is 0 Å². The van der Waals surface area contributed by atoms with Crippen LogP contribution in [0.3, 0.4) is 0 Å². The molecular weight excluding hydrogens is 248 g/mol. The molecule has 0 aromatic heterocycles. The summed E-state index contributed by atoms with van der Waals surface area (Å²) < 4.78 is 15.4. The highest BCUT2D eigenvalue weighted by Crippen LogP contribution is 2.32. The normalized spacial score (nSPS) is 33.6. The second kappa shape index (κ2) is 5.67. The molecule has 5 heteroatoms. The molecule has 4 unspecified atom stereocenters. The van der Waals surface area contributed by atoms with Crippen LogP contribution in [0.5, 0.6) is 0 Å². The maximum atomic E-state index is 12.4.